The zero-order valence-corrected chi connectivity index (χ0v) is 22.8. The molecule has 0 aliphatic heterocycles. The number of nitrogens with one attached hydrogen (secondary N) is 1. The van der Waals surface area contributed by atoms with E-state index in [1.165, 1.54) is 19.1 Å². The molecule has 37 heavy (non-hydrogen) atoms. The van der Waals surface area contributed by atoms with Crippen molar-refractivity contribution in [3.8, 4) is 0 Å². The summed E-state index contributed by atoms with van der Waals surface area (Å²) in [4.78, 5) is 27.4. The minimum absolute atomic E-state index is 0.127. The molecule has 1 atom stereocenters. The van der Waals surface area contributed by atoms with Gasteiger partial charge >= 0.3 is 6.18 Å². The summed E-state index contributed by atoms with van der Waals surface area (Å²) in [6, 6.07) is 7.25. The number of benzene rings is 2. The molecule has 0 bridgehead atoms. The number of amides is 2. The van der Waals surface area contributed by atoms with Crippen molar-refractivity contribution in [1.29, 1.82) is 0 Å². The fourth-order valence-corrected chi connectivity index (χ4v) is 4.57. The molecule has 1 N–H and O–H groups in total. The van der Waals surface area contributed by atoms with Crippen LogP contribution in [0.3, 0.4) is 0 Å². The van der Waals surface area contributed by atoms with E-state index in [0.29, 0.717) is 22.5 Å². The van der Waals surface area contributed by atoms with E-state index in [2.05, 4.69) is 5.32 Å². The third kappa shape index (κ3) is 8.79. The van der Waals surface area contributed by atoms with Crippen LogP contribution in [0, 0.1) is 0 Å². The Morgan fingerprint density at radius 2 is 1.76 bits per heavy atom. The van der Waals surface area contributed by atoms with E-state index in [9.17, 15) is 31.2 Å². The van der Waals surface area contributed by atoms with Gasteiger partial charge < -0.3 is 10.2 Å². The monoisotopic (exact) mass is 581 g/mol. The van der Waals surface area contributed by atoms with E-state index in [0.717, 1.165) is 42.2 Å². The van der Waals surface area contributed by atoms with Crippen molar-refractivity contribution in [1.82, 2.24) is 10.2 Å². The van der Waals surface area contributed by atoms with Gasteiger partial charge in [0.25, 0.3) is 0 Å². The Morgan fingerprint density at radius 3 is 2.32 bits per heavy atom. The minimum atomic E-state index is -4.71. The first-order valence-corrected chi connectivity index (χ1v) is 13.9. The summed E-state index contributed by atoms with van der Waals surface area (Å²) in [7, 11) is -4.18. The van der Waals surface area contributed by atoms with Gasteiger partial charge in [0.05, 0.1) is 27.6 Å². The van der Waals surface area contributed by atoms with Crippen LogP contribution in [0.1, 0.15) is 37.8 Å². The summed E-state index contributed by atoms with van der Waals surface area (Å²) >= 11 is 12.1. The van der Waals surface area contributed by atoms with Crippen LogP contribution in [-0.4, -0.2) is 50.5 Å². The largest absolute Gasteiger partial charge is 0.416 e. The van der Waals surface area contributed by atoms with E-state index in [4.69, 9.17) is 23.2 Å². The lowest BCUT2D eigenvalue weighted by Crippen LogP contribution is -2.51. The highest BCUT2D eigenvalue weighted by Crippen LogP contribution is 2.32. The standard InChI is InChI=1S/C24H28Cl2F3N3O4S/c1-4-5-11-30-23(34)16(2)31(14-17-9-10-20(25)21(26)12-17)22(33)15-32(37(3,35)36)19-8-6-7-18(13-19)24(27,28)29/h6-10,12-13,16H,4-5,11,14-15H2,1-3H3,(H,30,34)/t16-/m1/s1. The molecule has 2 aromatic carbocycles. The first kappa shape index (κ1) is 30.7. The maximum atomic E-state index is 13.4. The van der Waals surface area contributed by atoms with Crippen LogP contribution in [0.4, 0.5) is 18.9 Å². The highest BCUT2D eigenvalue weighted by molar-refractivity contribution is 7.92. The van der Waals surface area contributed by atoms with Crippen LogP contribution in [0.15, 0.2) is 42.5 Å². The molecule has 0 spiro atoms. The average molecular weight is 582 g/mol. The highest BCUT2D eigenvalue weighted by atomic mass is 35.5. The number of hydrogen-bond donors (Lipinski definition) is 1. The summed E-state index contributed by atoms with van der Waals surface area (Å²) < 4.78 is 65.4. The van der Waals surface area contributed by atoms with Crippen molar-refractivity contribution in [3.05, 3.63) is 63.6 Å². The average Bonchev–Trinajstić information content (AvgIpc) is 2.81. The second-order valence-electron chi connectivity index (χ2n) is 8.41. The minimum Gasteiger partial charge on any atom is -0.354 e. The number of anilines is 1. The van der Waals surface area contributed by atoms with Crippen LogP contribution < -0.4 is 9.62 Å². The van der Waals surface area contributed by atoms with Gasteiger partial charge in [-0.2, -0.15) is 13.2 Å². The molecule has 0 unspecified atom stereocenters. The molecular weight excluding hydrogens is 554 g/mol. The number of halogens is 5. The Bertz CT molecular complexity index is 1230. The molecule has 0 saturated carbocycles. The van der Waals surface area contributed by atoms with Gasteiger partial charge in [0.15, 0.2) is 0 Å². The third-order valence-electron chi connectivity index (χ3n) is 5.47. The van der Waals surface area contributed by atoms with Crippen LogP contribution >= 0.6 is 23.2 Å². The molecule has 0 fully saturated rings. The van der Waals surface area contributed by atoms with Crippen LogP contribution in [-0.2, 0) is 32.3 Å². The number of unbranched alkanes of at least 4 members (excludes halogenated alkanes) is 1. The quantitative estimate of drug-likeness (QED) is 0.373. The highest BCUT2D eigenvalue weighted by Gasteiger charge is 2.33. The number of carbonyl (C=O) groups excluding carboxylic acids is 2. The van der Waals surface area contributed by atoms with E-state index < -0.39 is 46.2 Å². The van der Waals surface area contributed by atoms with Gasteiger partial charge in [-0.15, -0.1) is 0 Å². The molecule has 0 aliphatic rings. The van der Waals surface area contributed by atoms with Gasteiger partial charge in [-0.25, -0.2) is 8.42 Å². The number of rotatable bonds is 11. The van der Waals surface area contributed by atoms with Crippen LogP contribution in [0.5, 0.6) is 0 Å². The van der Waals surface area contributed by atoms with Crippen molar-refractivity contribution in [2.75, 3.05) is 23.7 Å². The normalized spacial score (nSPS) is 12.6. The molecule has 0 radical (unpaired) electrons. The molecule has 0 aromatic heterocycles. The smallest absolute Gasteiger partial charge is 0.354 e. The second kappa shape index (κ2) is 12.8. The topological polar surface area (TPSA) is 86.8 Å². The lowest BCUT2D eigenvalue weighted by Gasteiger charge is -2.31. The summed E-state index contributed by atoms with van der Waals surface area (Å²) in [5.41, 5.74) is -0.886. The summed E-state index contributed by atoms with van der Waals surface area (Å²) in [6.07, 6.45) is -2.38. The summed E-state index contributed by atoms with van der Waals surface area (Å²) in [6.45, 7) is 2.86. The molecule has 0 saturated heterocycles. The van der Waals surface area contributed by atoms with Crippen LogP contribution in [0.2, 0.25) is 10.0 Å². The lowest BCUT2D eigenvalue weighted by molar-refractivity contribution is -0.139. The second-order valence-corrected chi connectivity index (χ2v) is 11.1. The third-order valence-corrected chi connectivity index (χ3v) is 7.35. The lowest BCUT2D eigenvalue weighted by atomic mass is 10.1. The Kier molecular flexibility index (Phi) is 10.7. The number of sulfonamides is 1. The van der Waals surface area contributed by atoms with E-state index in [1.807, 2.05) is 6.92 Å². The maximum Gasteiger partial charge on any atom is 0.416 e. The zero-order chi connectivity index (χ0) is 28.0. The molecule has 7 nitrogen and oxygen atoms in total. The first-order valence-electron chi connectivity index (χ1n) is 11.3. The van der Waals surface area contributed by atoms with Crippen molar-refractivity contribution in [2.45, 2.75) is 45.5 Å². The molecule has 2 aromatic rings. The maximum absolute atomic E-state index is 13.4. The molecule has 0 heterocycles. The van der Waals surface area contributed by atoms with E-state index in [-0.39, 0.29) is 22.3 Å². The molecule has 2 rings (SSSR count). The molecule has 2 amide bonds. The van der Waals surface area contributed by atoms with Gasteiger partial charge in [-0.1, -0.05) is 48.7 Å². The first-order chi connectivity index (χ1) is 17.1. The van der Waals surface area contributed by atoms with Gasteiger partial charge in [-0.05, 0) is 49.2 Å². The number of carbonyl (C=O) groups is 2. The fraction of sp³-hybridized carbons (Fsp3) is 0.417. The fourth-order valence-electron chi connectivity index (χ4n) is 3.40. The van der Waals surface area contributed by atoms with Crippen molar-refractivity contribution >= 4 is 50.7 Å². The zero-order valence-electron chi connectivity index (χ0n) is 20.5. The van der Waals surface area contributed by atoms with E-state index >= 15 is 0 Å². The molecule has 0 aliphatic carbocycles. The van der Waals surface area contributed by atoms with Gasteiger partial charge in [-0.3, -0.25) is 13.9 Å². The Balaban J connectivity index is 2.43. The summed E-state index contributed by atoms with van der Waals surface area (Å²) in [5.74, 6) is -1.26. The molecule has 204 valence electrons. The predicted molar refractivity (Wildman–Crippen MR) is 138 cm³/mol. The van der Waals surface area contributed by atoms with Crippen molar-refractivity contribution < 1.29 is 31.2 Å². The Labute approximate surface area is 224 Å². The number of hydrogen-bond acceptors (Lipinski definition) is 4. The van der Waals surface area contributed by atoms with Crippen molar-refractivity contribution in [3.63, 3.8) is 0 Å². The van der Waals surface area contributed by atoms with Crippen LogP contribution in [0.25, 0.3) is 0 Å². The van der Waals surface area contributed by atoms with Gasteiger partial charge in [0.2, 0.25) is 21.8 Å². The number of alkyl halides is 3. The van der Waals surface area contributed by atoms with Crippen molar-refractivity contribution in [2.24, 2.45) is 0 Å². The summed E-state index contributed by atoms with van der Waals surface area (Å²) in [5, 5.41) is 3.22. The molecular formula is C24H28Cl2F3N3O4S. The van der Waals surface area contributed by atoms with Gasteiger partial charge in [0, 0.05) is 13.1 Å². The SMILES string of the molecule is CCCCNC(=O)[C@@H](C)N(Cc1ccc(Cl)c(Cl)c1)C(=O)CN(c1cccc(C(F)(F)F)c1)S(C)(=O)=O. The Hall–Kier alpha value is -2.50. The van der Waals surface area contributed by atoms with E-state index in [1.54, 1.807) is 6.07 Å². The Morgan fingerprint density at radius 1 is 1.08 bits per heavy atom. The number of nitrogens with zero attached hydrogens (tertiary/aromatic N) is 2. The van der Waals surface area contributed by atoms with Gasteiger partial charge in [0.1, 0.15) is 12.6 Å². The molecule has 13 heteroatoms. The predicted octanol–water partition coefficient (Wildman–Crippen LogP) is 5.11.